The Bertz CT molecular complexity index is 1090. The van der Waals surface area contributed by atoms with E-state index in [2.05, 4.69) is 104 Å². The molecule has 0 saturated heterocycles. The van der Waals surface area contributed by atoms with Crippen LogP contribution in [0, 0.1) is 26.2 Å². The summed E-state index contributed by atoms with van der Waals surface area (Å²) in [6.45, 7) is 70.0. The van der Waals surface area contributed by atoms with E-state index in [1.165, 1.54) is 0 Å². The van der Waals surface area contributed by atoms with Gasteiger partial charge < -0.3 is 51.6 Å². The van der Waals surface area contributed by atoms with E-state index in [0.29, 0.717) is 19.3 Å². The van der Waals surface area contributed by atoms with Crippen LogP contribution in [0.15, 0.2) is 91.5 Å². The summed E-state index contributed by atoms with van der Waals surface area (Å²) in [4.78, 5) is 55.9. The quantitative estimate of drug-likeness (QED) is 0.0309. The highest BCUT2D eigenvalue weighted by atomic mass is 31.2. The van der Waals surface area contributed by atoms with Gasteiger partial charge in [-0.15, -0.1) is 65.8 Å². The Kier molecular flexibility index (Phi) is 62.6. The summed E-state index contributed by atoms with van der Waals surface area (Å²) in [5.41, 5.74) is -2.04. The number of phosphoric ester groups is 3. The van der Waals surface area contributed by atoms with Gasteiger partial charge in [-0.25, -0.2) is 0 Å². The Labute approximate surface area is 401 Å². The van der Waals surface area contributed by atoms with Gasteiger partial charge in [-0.05, 0) is 97.8 Å². The second kappa shape index (κ2) is 47.6. The molecule has 3 unspecified atom stereocenters. The van der Waals surface area contributed by atoms with Crippen LogP contribution in [0.5, 0.6) is 0 Å². The summed E-state index contributed by atoms with van der Waals surface area (Å²) in [6, 6.07) is 0. The molecule has 0 aromatic carbocycles. The van der Waals surface area contributed by atoms with E-state index < -0.39 is 40.3 Å². The van der Waals surface area contributed by atoms with Crippen molar-refractivity contribution in [2.24, 2.45) is 16.2 Å². The average Bonchev–Trinajstić information content (AvgIpc) is 3.12. The molecule has 0 aliphatic rings. The van der Waals surface area contributed by atoms with Gasteiger partial charge in [0, 0.05) is 25.0 Å². The first-order chi connectivity index (χ1) is 29.7. The van der Waals surface area contributed by atoms with Crippen molar-refractivity contribution in [3.63, 3.8) is 0 Å². The maximum Gasteiger partial charge on any atom is 0.268 e. The lowest BCUT2D eigenvalue weighted by atomic mass is 9.93. The molecular formula is C44H92O19P3-3. The average molecular weight is 1020 g/mol. The molecule has 66 heavy (non-hydrogen) atoms. The van der Waals surface area contributed by atoms with Gasteiger partial charge in [-0.3, -0.25) is 13.7 Å². The van der Waals surface area contributed by atoms with Gasteiger partial charge in [0.1, 0.15) is 12.5 Å². The van der Waals surface area contributed by atoms with E-state index in [1.807, 2.05) is 62.3 Å². The number of hydrogen-bond donors (Lipinski definition) is 0. The number of phosphoric acid groups is 3. The zero-order chi connectivity index (χ0) is 55.9. The third-order valence-electron chi connectivity index (χ3n) is 4.73. The topological polar surface area (TPSA) is 256 Å². The Morgan fingerprint density at radius 3 is 0.667 bits per heavy atom. The minimum absolute atomic E-state index is 0.0573. The first kappa shape index (κ1) is 86.7. The summed E-state index contributed by atoms with van der Waals surface area (Å²) in [6.07, 6.45) is 4.01. The number of rotatable bonds is 18. The van der Waals surface area contributed by atoms with Gasteiger partial charge in [0.15, 0.2) is 0 Å². The van der Waals surface area contributed by atoms with E-state index in [0.717, 1.165) is 12.5 Å². The maximum atomic E-state index is 11.3. The van der Waals surface area contributed by atoms with E-state index in [1.54, 1.807) is 62.3 Å². The van der Waals surface area contributed by atoms with E-state index in [4.69, 9.17) is 37.1 Å². The summed E-state index contributed by atoms with van der Waals surface area (Å²) < 4.78 is 62.7. The second-order valence-corrected chi connectivity index (χ2v) is 22.1. The summed E-state index contributed by atoms with van der Waals surface area (Å²) >= 11 is 0. The van der Waals surface area contributed by atoms with Crippen LogP contribution in [0.25, 0.3) is 0 Å². The Morgan fingerprint density at radius 1 is 0.379 bits per heavy atom. The standard InChI is InChI=1S/3C10H23O4P.C4H6O5.5C2H4.O2/c3*1-9(2,3)7-8-13-15(11,12)14-10(4,5)6;1-3-5-7-9-8-6-4-2;6*1-2/h3*7-8H2,1-6H3,(H,11,12);3-4H,1-2H2;5*1-2H2;/p-3. The molecule has 0 fully saturated rings. The molecule has 0 N–H and O–H groups in total. The zero-order valence-electron chi connectivity index (χ0n) is 44.0. The van der Waals surface area contributed by atoms with Crippen molar-refractivity contribution in [1.82, 2.24) is 0 Å². The fourth-order valence-electron chi connectivity index (χ4n) is 2.58. The first-order valence-corrected chi connectivity index (χ1v) is 24.2. The van der Waals surface area contributed by atoms with Crippen LogP contribution >= 0.6 is 23.5 Å². The molecule has 0 aliphatic carbocycles. The molecule has 0 aromatic heterocycles. The highest BCUT2D eigenvalue weighted by Crippen LogP contribution is 2.45. The normalized spacial score (nSPS) is 13.4. The molecule has 0 saturated carbocycles. The smallest absolute Gasteiger partial charge is 0.268 e. The lowest BCUT2D eigenvalue weighted by molar-refractivity contribution is -0.692. The van der Waals surface area contributed by atoms with Crippen LogP contribution in [0.1, 0.15) is 144 Å². The third-order valence-corrected chi connectivity index (χ3v) is 8.54. The van der Waals surface area contributed by atoms with Crippen molar-refractivity contribution in [3.05, 3.63) is 101 Å². The van der Waals surface area contributed by atoms with Gasteiger partial charge >= 0.3 is 0 Å². The summed E-state index contributed by atoms with van der Waals surface area (Å²) in [7, 11) is -12.5. The molecule has 0 heterocycles. The van der Waals surface area contributed by atoms with Crippen LogP contribution in [0.3, 0.4) is 0 Å². The molecule has 0 aliphatic heterocycles. The highest BCUT2D eigenvalue weighted by molar-refractivity contribution is 7.46. The molecule has 0 spiro atoms. The lowest BCUT2D eigenvalue weighted by Gasteiger charge is -2.31. The van der Waals surface area contributed by atoms with Crippen molar-refractivity contribution in [2.45, 2.75) is 161 Å². The predicted molar refractivity (Wildman–Crippen MR) is 264 cm³/mol. The molecular weight excluding hydrogens is 925 g/mol. The Morgan fingerprint density at radius 2 is 0.545 bits per heavy atom. The molecule has 3 atom stereocenters. The predicted octanol–water partition coefficient (Wildman–Crippen LogP) is 13.3. The van der Waals surface area contributed by atoms with Gasteiger partial charge in [0.05, 0.1) is 36.6 Å². The highest BCUT2D eigenvalue weighted by Gasteiger charge is 2.23. The molecule has 0 radical (unpaired) electrons. The first-order valence-electron chi connectivity index (χ1n) is 19.9. The summed E-state index contributed by atoms with van der Waals surface area (Å²) in [5.74, 6) is 0. The molecule has 0 rings (SSSR count). The van der Waals surface area contributed by atoms with Crippen LogP contribution < -0.4 is 14.7 Å². The zero-order valence-corrected chi connectivity index (χ0v) is 46.7. The Balaban J connectivity index is -0.0000000740. The van der Waals surface area contributed by atoms with Crippen molar-refractivity contribution in [2.75, 3.05) is 19.8 Å². The van der Waals surface area contributed by atoms with Crippen LogP contribution in [0.4, 0.5) is 0 Å². The molecule has 22 heteroatoms. The lowest BCUT2D eigenvalue weighted by Crippen LogP contribution is -2.23. The SMILES string of the molecule is C=C.C=C.C=C.C=C.C=C.C=COOOOOC=C.CC(C)(C)CCOP(=O)([O-])OC(C)(C)C.CC(C)(C)CCOP(=O)([O-])OC(C)(C)C.CC(C)(C)CCOP(=O)([O-])OC(C)(C)C.O=O. The van der Waals surface area contributed by atoms with Gasteiger partial charge in [0.2, 0.25) is 0 Å². The van der Waals surface area contributed by atoms with Crippen molar-refractivity contribution < 1.29 is 80.4 Å². The molecule has 0 bridgehead atoms. The van der Waals surface area contributed by atoms with Crippen molar-refractivity contribution in [3.8, 4) is 0 Å². The summed E-state index contributed by atoms with van der Waals surface area (Å²) in [5, 5.41) is 11.3. The van der Waals surface area contributed by atoms with Crippen molar-refractivity contribution in [1.29, 1.82) is 0 Å². The third kappa shape index (κ3) is 109. The van der Waals surface area contributed by atoms with Crippen LogP contribution in [-0.2, 0) is 65.7 Å². The molecule has 0 amide bonds. The monoisotopic (exact) mass is 1020 g/mol. The van der Waals surface area contributed by atoms with Gasteiger partial charge in [0.25, 0.3) is 23.5 Å². The van der Waals surface area contributed by atoms with Crippen LogP contribution in [-0.4, -0.2) is 36.6 Å². The number of hydrogen-bond acceptors (Lipinski definition) is 19. The largest absolute Gasteiger partial charge is 0.756 e. The van der Waals surface area contributed by atoms with Crippen LogP contribution in [0.2, 0.25) is 0 Å². The van der Waals surface area contributed by atoms with Gasteiger partial charge in [-0.2, -0.15) is 0 Å². The maximum absolute atomic E-state index is 11.3. The molecule has 0 aromatic rings. The fraction of sp³-hybridized carbons (Fsp3) is 0.682. The second-order valence-electron chi connectivity index (χ2n) is 18.1. The van der Waals surface area contributed by atoms with E-state index >= 15 is 0 Å². The Hall–Kier alpha value is -2.41. The van der Waals surface area contributed by atoms with E-state index in [-0.39, 0.29) is 36.1 Å². The minimum atomic E-state index is -4.15. The minimum Gasteiger partial charge on any atom is -0.756 e. The van der Waals surface area contributed by atoms with Crippen molar-refractivity contribution >= 4 is 23.5 Å². The van der Waals surface area contributed by atoms with Gasteiger partial charge in [-0.1, -0.05) is 75.5 Å². The fourth-order valence-corrected chi connectivity index (χ4v) is 5.69. The molecule has 400 valence electrons. The molecule has 19 nitrogen and oxygen atoms in total. The van der Waals surface area contributed by atoms with E-state index in [9.17, 15) is 28.4 Å².